The number of rotatable bonds is 7. The Morgan fingerprint density at radius 2 is 1.45 bits per heavy atom. The second kappa shape index (κ2) is 10.6. The third kappa shape index (κ3) is 6.26. The number of anilines is 1. The van der Waals surface area contributed by atoms with Gasteiger partial charge in [-0.15, -0.1) is 0 Å². The lowest BCUT2D eigenvalue weighted by Gasteiger charge is -2.23. The van der Waals surface area contributed by atoms with Crippen molar-refractivity contribution in [2.45, 2.75) is 11.8 Å². The van der Waals surface area contributed by atoms with Crippen molar-refractivity contribution >= 4 is 72.5 Å². The normalized spacial score (nSPS) is 11.8. The van der Waals surface area contributed by atoms with Gasteiger partial charge in [0.2, 0.25) is 0 Å². The van der Waals surface area contributed by atoms with Crippen molar-refractivity contribution in [3.63, 3.8) is 0 Å². The van der Waals surface area contributed by atoms with Crippen molar-refractivity contribution in [2.75, 3.05) is 10.8 Å². The first kappa shape index (κ1) is 23.7. The van der Waals surface area contributed by atoms with Gasteiger partial charge in [0.05, 0.1) is 16.3 Å². The Labute approximate surface area is 209 Å². The van der Waals surface area contributed by atoms with Gasteiger partial charge in [-0.25, -0.2) is 13.8 Å². The molecule has 9 heteroatoms. The molecule has 0 saturated heterocycles. The maximum atomic E-state index is 13.3. The van der Waals surface area contributed by atoms with Crippen molar-refractivity contribution in [3.8, 4) is 0 Å². The average Bonchev–Trinajstić information content (AvgIpc) is 2.77. The Bertz CT molecular complexity index is 1180. The molecular formula is C22H19I2N3O3S. The molecule has 0 aliphatic heterocycles. The lowest BCUT2D eigenvalue weighted by atomic mass is 10.1. The third-order valence-electron chi connectivity index (χ3n) is 4.34. The van der Waals surface area contributed by atoms with E-state index in [1.54, 1.807) is 49.4 Å². The van der Waals surface area contributed by atoms with Gasteiger partial charge in [-0.05, 0) is 106 Å². The van der Waals surface area contributed by atoms with Crippen LogP contribution in [0.3, 0.4) is 0 Å². The minimum Gasteiger partial charge on any atom is -0.271 e. The quantitative estimate of drug-likeness (QED) is 0.229. The topological polar surface area (TPSA) is 78.8 Å². The molecule has 1 N–H and O–H groups in total. The van der Waals surface area contributed by atoms with Crippen LogP contribution in [0.15, 0.2) is 88.9 Å². The van der Waals surface area contributed by atoms with E-state index in [0.717, 1.165) is 17.0 Å². The van der Waals surface area contributed by atoms with Gasteiger partial charge in [0.1, 0.15) is 6.54 Å². The van der Waals surface area contributed by atoms with Gasteiger partial charge in [-0.2, -0.15) is 5.10 Å². The van der Waals surface area contributed by atoms with Crippen molar-refractivity contribution in [1.82, 2.24) is 5.43 Å². The number of hydrazone groups is 1. The van der Waals surface area contributed by atoms with Gasteiger partial charge in [0.25, 0.3) is 15.9 Å². The van der Waals surface area contributed by atoms with Crippen LogP contribution in [0.1, 0.15) is 12.5 Å². The van der Waals surface area contributed by atoms with Gasteiger partial charge in [-0.3, -0.25) is 9.10 Å². The number of sulfonamides is 1. The SMILES string of the molecule is C/C(=N/NC(=O)CN(c1ccc(I)cc1)S(=O)(=O)c1ccccc1)c1ccc(I)cc1. The monoisotopic (exact) mass is 659 g/mol. The standard InChI is InChI=1S/C22H19I2N3O3S/c1-16(17-7-9-18(23)10-8-17)25-26-22(28)15-27(20-13-11-19(24)12-14-20)31(29,30)21-5-3-2-4-6-21/h2-14H,15H2,1H3,(H,26,28)/b25-16-. The maximum Gasteiger partial charge on any atom is 0.264 e. The van der Waals surface area contributed by atoms with Crippen LogP contribution in [0.2, 0.25) is 0 Å². The summed E-state index contributed by atoms with van der Waals surface area (Å²) in [6, 6.07) is 22.7. The Morgan fingerprint density at radius 3 is 2.03 bits per heavy atom. The minimum absolute atomic E-state index is 0.111. The molecule has 0 saturated carbocycles. The van der Waals surface area contributed by atoms with E-state index >= 15 is 0 Å². The zero-order chi connectivity index (χ0) is 22.4. The number of hydrogen-bond acceptors (Lipinski definition) is 4. The summed E-state index contributed by atoms with van der Waals surface area (Å²) in [5.41, 5.74) is 4.36. The molecule has 0 fully saturated rings. The van der Waals surface area contributed by atoms with Crippen molar-refractivity contribution in [3.05, 3.63) is 91.6 Å². The predicted molar refractivity (Wildman–Crippen MR) is 140 cm³/mol. The zero-order valence-electron chi connectivity index (χ0n) is 16.5. The molecule has 0 heterocycles. The number of benzene rings is 3. The molecule has 1 amide bonds. The van der Waals surface area contributed by atoms with Crippen LogP contribution in [-0.2, 0) is 14.8 Å². The lowest BCUT2D eigenvalue weighted by molar-refractivity contribution is -0.119. The Kier molecular flexibility index (Phi) is 8.06. The summed E-state index contributed by atoms with van der Waals surface area (Å²) < 4.78 is 29.6. The first-order chi connectivity index (χ1) is 14.8. The van der Waals surface area contributed by atoms with Crippen LogP contribution in [0.4, 0.5) is 5.69 Å². The van der Waals surface area contributed by atoms with E-state index in [0.29, 0.717) is 11.4 Å². The lowest BCUT2D eigenvalue weighted by Crippen LogP contribution is -2.39. The molecule has 0 atom stereocenters. The van der Waals surface area contributed by atoms with Gasteiger partial charge < -0.3 is 0 Å². The molecule has 0 aromatic heterocycles. The highest BCUT2D eigenvalue weighted by atomic mass is 127. The summed E-state index contributed by atoms with van der Waals surface area (Å²) in [6.45, 7) is 1.38. The minimum atomic E-state index is -3.94. The first-order valence-corrected chi connectivity index (χ1v) is 12.8. The van der Waals surface area contributed by atoms with Gasteiger partial charge in [0, 0.05) is 7.14 Å². The van der Waals surface area contributed by atoms with Crippen LogP contribution in [0.5, 0.6) is 0 Å². The molecule has 3 aromatic carbocycles. The fourth-order valence-electron chi connectivity index (χ4n) is 2.71. The average molecular weight is 659 g/mol. The fourth-order valence-corrected chi connectivity index (χ4v) is 4.87. The number of carbonyl (C=O) groups excluding carboxylic acids is 1. The number of halogens is 2. The number of nitrogens with one attached hydrogen (secondary N) is 1. The van der Waals surface area contributed by atoms with Crippen LogP contribution < -0.4 is 9.73 Å². The summed E-state index contributed by atoms with van der Waals surface area (Å²) in [6.07, 6.45) is 0. The van der Waals surface area contributed by atoms with E-state index in [9.17, 15) is 13.2 Å². The molecule has 3 rings (SSSR count). The summed E-state index contributed by atoms with van der Waals surface area (Å²) in [5, 5.41) is 4.13. The number of nitrogens with zero attached hydrogens (tertiary/aromatic N) is 2. The molecule has 31 heavy (non-hydrogen) atoms. The zero-order valence-corrected chi connectivity index (χ0v) is 21.6. The highest BCUT2D eigenvalue weighted by Crippen LogP contribution is 2.24. The third-order valence-corrected chi connectivity index (χ3v) is 7.57. The second-order valence-electron chi connectivity index (χ2n) is 6.54. The van der Waals surface area contributed by atoms with E-state index in [4.69, 9.17) is 0 Å². The summed E-state index contributed by atoms with van der Waals surface area (Å²) >= 11 is 4.35. The van der Waals surface area contributed by atoms with Crippen molar-refractivity contribution in [2.24, 2.45) is 5.10 Å². The van der Waals surface area contributed by atoms with Gasteiger partial charge in [-0.1, -0.05) is 30.3 Å². The summed E-state index contributed by atoms with van der Waals surface area (Å²) in [5.74, 6) is -0.539. The van der Waals surface area contributed by atoms with E-state index in [1.807, 2.05) is 24.3 Å². The Hall–Kier alpha value is -1.99. The molecule has 0 bridgehead atoms. The van der Waals surface area contributed by atoms with Gasteiger partial charge >= 0.3 is 0 Å². The van der Waals surface area contributed by atoms with Crippen LogP contribution in [-0.4, -0.2) is 26.6 Å². The molecule has 6 nitrogen and oxygen atoms in total. The molecular weight excluding hydrogens is 640 g/mol. The van der Waals surface area contributed by atoms with Crippen molar-refractivity contribution in [1.29, 1.82) is 0 Å². The van der Waals surface area contributed by atoms with Gasteiger partial charge in [0.15, 0.2) is 0 Å². The predicted octanol–water partition coefficient (Wildman–Crippen LogP) is 4.63. The number of amides is 1. The summed E-state index contributed by atoms with van der Waals surface area (Å²) in [7, 11) is -3.94. The van der Waals surface area contributed by atoms with E-state index in [-0.39, 0.29) is 4.90 Å². The van der Waals surface area contributed by atoms with E-state index in [1.165, 1.54) is 12.1 Å². The van der Waals surface area contributed by atoms with E-state index in [2.05, 4.69) is 55.7 Å². The smallest absolute Gasteiger partial charge is 0.264 e. The molecule has 0 aliphatic carbocycles. The first-order valence-electron chi connectivity index (χ1n) is 9.20. The molecule has 0 unspecified atom stereocenters. The fraction of sp³-hybridized carbons (Fsp3) is 0.0909. The molecule has 160 valence electrons. The van der Waals surface area contributed by atoms with Crippen LogP contribution in [0.25, 0.3) is 0 Å². The molecule has 3 aromatic rings. The highest BCUT2D eigenvalue weighted by Gasteiger charge is 2.27. The van der Waals surface area contributed by atoms with Crippen LogP contribution >= 0.6 is 45.2 Å². The summed E-state index contributed by atoms with van der Waals surface area (Å²) in [4.78, 5) is 12.7. The largest absolute Gasteiger partial charge is 0.271 e. The molecule has 0 aliphatic rings. The highest BCUT2D eigenvalue weighted by molar-refractivity contribution is 14.1. The number of hydrogen-bond donors (Lipinski definition) is 1. The Morgan fingerprint density at radius 1 is 0.903 bits per heavy atom. The molecule has 0 spiro atoms. The molecule has 0 radical (unpaired) electrons. The maximum absolute atomic E-state index is 13.3. The van der Waals surface area contributed by atoms with E-state index < -0.39 is 22.5 Å². The van der Waals surface area contributed by atoms with Crippen molar-refractivity contribution < 1.29 is 13.2 Å². The Balaban J connectivity index is 1.84. The van der Waals surface area contributed by atoms with Crippen LogP contribution in [0, 0.1) is 7.14 Å². The number of carbonyl (C=O) groups is 1. The second-order valence-corrected chi connectivity index (χ2v) is 10.9.